The van der Waals surface area contributed by atoms with Crippen LogP contribution in [0.2, 0.25) is 0 Å². The minimum Gasteiger partial charge on any atom is -0.484 e. The molecule has 1 saturated heterocycles. The summed E-state index contributed by atoms with van der Waals surface area (Å²) in [5.41, 5.74) is 0. The zero-order valence-corrected chi connectivity index (χ0v) is 12.1. The molecular weight excluding hydrogens is 254 g/mol. The van der Waals surface area contributed by atoms with Crippen molar-refractivity contribution in [2.45, 2.75) is 19.3 Å². The molecule has 0 aromatic heterocycles. The Morgan fingerprint density at radius 3 is 2.70 bits per heavy atom. The monoisotopic (exact) mass is 277 g/mol. The number of carbonyl (C=O) groups excluding carboxylic acids is 1. The number of benzene rings is 1. The van der Waals surface area contributed by atoms with Gasteiger partial charge in [0.2, 0.25) is 0 Å². The topological polar surface area (TPSA) is 38.8 Å². The van der Waals surface area contributed by atoms with Crippen molar-refractivity contribution in [2.75, 3.05) is 33.4 Å². The summed E-state index contributed by atoms with van der Waals surface area (Å²) in [7, 11) is 1.84. The van der Waals surface area contributed by atoms with Gasteiger partial charge in [0.1, 0.15) is 5.75 Å². The molecular formula is C16H23NO3. The van der Waals surface area contributed by atoms with Crippen molar-refractivity contribution in [3.05, 3.63) is 30.3 Å². The van der Waals surface area contributed by atoms with Gasteiger partial charge < -0.3 is 14.4 Å². The van der Waals surface area contributed by atoms with Crippen molar-refractivity contribution >= 4 is 5.91 Å². The second kappa shape index (κ2) is 7.90. The van der Waals surface area contributed by atoms with Crippen molar-refractivity contribution in [3.63, 3.8) is 0 Å². The van der Waals surface area contributed by atoms with Crippen molar-refractivity contribution < 1.29 is 14.3 Å². The molecule has 2 rings (SSSR count). The Bertz CT molecular complexity index is 401. The van der Waals surface area contributed by atoms with Gasteiger partial charge in [0.25, 0.3) is 5.91 Å². The van der Waals surface area contributed by atoms with Crippen LogP contribution in [0.25, 0.3) is 0 Å². The van der Waals surface area contributed by atoms with E-state index in [1.165, 1.54) is 0 Å². The number of ether oxygens (including phenoxy) is 2. The maximum absolute atomic E-state index is 12.0. The number of nitrogens with zero attached hydrogens (tertiary/aromatic N) is 1. The zero-order chi connectivity index (χ0) is 14.2. The molecule has 0 aliphatic carbocycles. The molecule has 4 heteroatoms. The van der Waals surface area contributed by atoms with Gasteiger partial charge in [-0.25, -0.2) is 0 Å². The summed E-state index contributed by atoms with van der Waals surface area (Å²) < 4.78 is 10.8. The van der Waals surface area contributed by atoms with Crippen LogP contribution in [-0.2, 0) is 9.53 Å². The van der Waals surface area contributed by atoms with Crippen molar-refractivity contribution in [1.29, 1.82) is 0 Å². The lowest BCUT2D eigenvalue weighted by Gasteiger charge is -2.24. The van der Waals surface area contributed by atoms with Gasteiger partial charge in [-0.3, -0.25) is 4.79 Å². The summed E-state index contributed by atoms with van der Waals surface area (Å²) >= 11 is 0. The van der Waals surface area contributed by atoms with Crippen LogP contribution in [0.4, 0.5) is 0 Å². The fourth-order valence-corrected chi connectivity index (χ4v) is 2.31. The van der Waals surface area contributed by atoms with E-state index in [1.807, 2.05) is 37.4 Å². The third-order valence-electron chi connectivity index (χ3n) is 3.74. The molecule has 0 spiro atoms. The molecule has 20 heavy (non-hydrogen) atoms. The lowest BCUT2D eigenvalue weighted by molar-refractivity contribution is -0.132. The largest absolute Gasteiger partial charge is 0.484 e. The van der Waals surface area contributed by atoms with Crippen LogP contribution in [0.5, 0.6) is 5.75 Å². The predicted octanol–water partition coefficient (Wildman–Crippen LogP) is 2.34. The smallest absolute Gasteiger partial charge is 0.260 e. The molecule has 0 radical (unpaired) electrons. The van der Waals surface area contributed by atoms with Crippen LogP contribution in [0.3, 0.4) is 0 Å². The maximum atomic E-state index is 12.0. The van der Waals surface area contributed by atoms with E-state index in [0.717, 1.165) is 44.8 Å². The van der Waals surface area contributed by atoms with E-state index >= 15 is 0 Å². The van der Waals surface area contributed by atoms with E-state index in [2.05, 4.69) is 0 Å². The molecule has 1 heterocycles. The van der Waals surface area contributed by atoms with E-state index in [4.69, 9.17) is 9.47 Å². The summed E-state index contributed by atoms with van der Waals surface area (Å²) in [6, 6.07) is 9.43. The molecule has 0 atom stereocenters. The van der Waals surface area contributed by atoms with Gasteiger partial charge in [0.15, 0.2) is 6.61 Å². The standard InChI is InChI=1S/C16H23NO3/c1-17(10-7-14-8-11-19-12-9-14)16(18)13-20-15-5-3-2-4-6-15/h2-6,14H,7-13H2,1H3. The van der Waals surface area contributed by atoms with Crippen LogP contribution in [-0.4, -0.2) is 44.2 Å². The Hall–Kier alpha value is -1.55. The van der Waals surface area contributed by atoms with Gasteiger partial charge in [-0.1, -0.05) is 18.2 Å². The molecule has 4 nitrogen and oxygen atoms in total. The van der Waals surface area contributed by atoms with E-state index in [9.17, 15) is 4.79 Å². The summed E-state index contributed by atoms with van der Waals surface area (Å²) in [5, 5.41) is 0. The van der Waals surface area contributed by atoms with Crippen LogP contribution in [0, 0.1) is 5.92 Å². The van der Waals surface area contributed by atoms with Crippen LogP contribution in [0.15, 0.2) is 30.3 Å². The highest BCUT2D eigenvalue weighted by atomic mass is 16.5. The van der Waals surface area contributed by atoms with E-state index in [0.29, 0.717) is 5.92 Å². The Balaban J connectivity index is 1.66. The minimum absolute atomic E-state index is 0.0286. The number of amides is 1. The van der Waals surface area contributed by atoms with Crippen LogP contribution in [0.1, 0.15) is 19.3 Å². The number of likely N-dealkylation sites (N-methyl/N-ethyl adjacent to an activating group) is 1. The molecule has 0 bridgehead atoms. The van der Waals surface area contributed by atoms with Crippen molar-refractivity contribution in [3.8, 4) is 5.75 Å². The lowest BCUT2D eigenvalue weighted by Crippen LogP contribution is -2.33. The summed E-state index contributed by atoms with van der Waals surface area (Å²) in [4.78, 5) is 13.7. The maximum Gasteiger partial charge on any atom is 0.260 e. The van der Waals surface area contributed by atoms with E-state index in [-0.39, 0.29) is 12.5 Å². The molecule has 1 fully saturated rings. The van der Waals surface area contributed by atoms with Crippen molar-refractivity contribution in [2.24, 2.45) is 5.92 Å². The van der Waals surface area contributed by atoms with Crippen LogP contribution >= 0.6 is 0 Å². The van der Waals surface area contributed by atoms with Gasteiger partial charge >= 0.3 is 0 Å². The SMILES string of the molecule is CN(CCC1CCOCC1)C(=O)COc1ccccc1. The molecule has 1 aliphatic heterocycles. The molecule has 1 aromatic rings. The molecule has 110 valence electrons. The first-order valence-electron chi connectivity index (χ1n) is 7.25. The number of hydrogen-bond donors (Lipinski definition) is 0. The average Bonchev–Trinajstić information content (AvgIpc) is 2.52. The highest BCUT2D eigenvalue weighted by Crippen LogP contribution is 2.18. The third-order valence-corrected chi connectivity index (χ3v) is 3.74. The lowest BCUT2D eigenvalue weighted by atomic mass is 9.96. The Morgan fingerprint density at radius 2 is 2.00 bits per heavy atom. The van der Waals surface area contributed by atoms with E-state index < -0.39 is 0 Å². The second-order valence-corrected chi connectivity index (χ2v) is 5.26. The highest BCUT2D eigenvalue weighted by molar-refractivity contribution is 5.77. The van der Waals surface area contributed by atoms with Gasteiger partial charge in [-0.05, 0) is 37.3 Å². The fourth-order valence-electron chi connectivity index (χ4n) is 2.31. The fraction of sp³-hybridized carbons (Fsp3) is 0.562. The Kier molecular flexibility index (Phi) is 5.87. The molecule has 0 saturated carbocycles. The predicted molar refractivity (Wildman–Crippen MR) is 77.7 cm³/mol. The number of hydrogen-bond acceptors (Lipinski definition) is 3. The molecule has 0 unspecified atom stereocenters. The van der Waals surface area contributed by atoms with E-state index in [1.54, 1.807) is 4.90 Å². The van der Waals surface area contributed by atoms with Gasteiger partial charge in [-0.2, -0.15) is 0 Å². The Labute approximate surface area is 120 Å². The third kappa shape index (κ3) is 4.85. The normalized spacial score (nSPS) is 15.8. The van der Waals surface area contributed by atoms with Crippen molar-refractivity contribution in [1.82, 2.24) is 4.90 Å². The summed E-state index contributed by atoms with van der Waals surface area (Å²) in [6.07, 6.45) is 3.28. The summed E-state index contributed by atoms with van der Waals surface area (Å²) in [5.74, 6) is 1.45. The summed E-state index contributed by atoms with van der Waals surface area (Å²) in [6.45, 7) is 2.62. The molecule has 1 amide bonds. The molecule has 1 aliphatic rings. The first-order chi connectivity index (χ1) is 9.75. The average molecular weight is 277 g/mol. The number of carbonyl (C=O) groups is 1. The highest BCUT2D eigenvalue weighted by Gasteiger charge is 2.16. The van der Waals surface area contributed by atoms with Gasteiger partial charge in [0, 0.05) is 26.8 Å². The van der Waals surface area contributed by atoms with Crippen LogP contribution < -0.4 is 4.74 Å². The molecule has 0 N–H and O–H groups in total. The molecule has 1 aromatic carbocycles. The van der Waals surface area contributed by atoms with Gasteiger partial charge in [0.05, 0.1) is 0 Å². The first-order valence-corrected chi connectivity index (χ1v) is 7.25. The second-order valence-electron chi connectivity index (χ2n) is 5.26. The minimum atomic E-state index is 0.0286. The first kappa shape index (κ1) is 14.9. The Morgan fingerprint density at radius 1 is 1.30 bits per heavy atom. The van der Waals surface area contributed by atoms with Gasteiger partial charge in [-0.15, -0.1) is 0 Å². The number of para-hydroxylation sites is 1. The quantitative estimate of drug-likeness (QED) is 0.801. The number of rotatable bonds is 6. The zero-order valence-electron chi connectivity index (χ0n) is 12.1.